The van der Waals surface area contributed by atoms with Crippen molar-refractivity contribution in [1.29, 1.82) is 0 Å². The summed E-state index contributed by atoms with van der Waals surface area (Å²) in [4.78, 5) is 37.0. The third kappa shape index (κ3) is 5.74. The fourth-order valence-corrected chi connectivity index (χ4v) is 12.3. The summed E-state index contributed by atoms with van der Waals surface area (Å²) in [5.74, 6) is -1.72. The second-order valence-electron chi connectivity index (χ2n) is 9.60. The molecule has 11 heteroatoms. The Morgan fingerprint density at radius 1 is 0.581 bits per heavy atom. The quantitative estimate of drug-likeness (QED) is 0.158. The Kier molecular flexibility index (Phi) is 7.81. The largest absolute Gasteiger partial charge is 0.481 e. The van der Waals surface area contributed by atoms with Gasteiger partial charge in [-0.05, 0) is 90.2 Å². The molecular weight excluding hydrogens is 673 g/mol. The molecule has 214 valence electrons. The van der Waals surface area contributed by atoms with Gasteiger partial charge in [-0.25, -0.2) is 4.79 Å². The molecular formula is C32H20O4S7. The summed E-state index contributed by atoms with van der Waals surface area (Å²) in [6, 6.07) is 24.7. The summed E-state index contributed by atoms with van der Waals surface area (Å²) in [5.41, 5.74) is 2.06. The predicted molar refractivity (Wildman–Crippen MR) is 187 cm³/mol. The molecule has 0 fully saturated rings. The maximum Gasteiger partial charge on any atom is 0.345 e. The number of rotatable bonds is 9. The van der Waals surface area contributed by atoms with E-state index in [-0.39, 0.29) is 6.42 Å². The van der Waals surface area contributed by atoms with Crippen molar-refractivity contribution in [3.8, 4) is 58.5 Å². The molecule has 7 aromatic rings. The lowest BCUT2D eigenvalue weighted by atomic mass is 10.1. The predicted octanol–water partition coefficient (Wildman–Crippen LogP) is 11.8. The van der Waals surface area contributed by atoms with Crippen LogP contribution in [0.3, 0.4) is 0 Å². The Bertz CT molecular complexity index is 2090. The highest BCUT2D eigenvalue weighted by atomic mass is 32.1. The van der Waals surface area contributed by atoms with E-state index >= 15 is 0 Å². The number of carbonyl (C=O) groups is 2. The second kappa shape index (κ2) is 11.7. The molecule has 0 unspecified atom stereocenters. The lowest BCUT2D eigenvalue weighted by Crippen LogP contribution is -1.99. The fraction of sp³-hybridized carbons (Fsp3) is 0.0625. The van der Waals surface area contributed by atoms with E-state index in [1.807, 2.05) is 18.2 Å². The Balaban J connectivity index is 1.17. The molecule has 0 spiro atoms. The minimum absolute atomic E-state index is 0.00429. The van der Waals surface area contributed by atoms with Gasteiger partial charge in [0.2, 0.25) is 0 Å². The Labute approximate surface area is 275 Å². The van der Waals surface area contributed by atoms with Crippen molar-refractivity contribution < 1.29 is 19.8 Å². The first kappa shape index (κ1) is 28.6. The Hall–Kier alpha value is -3.16. The zero-order valence-electron chi connectivity index (χ0n) is 22.3. The molecule has 7 rings (SSSR count). The molecule has 4 nitrogen and oxygen atoms in total. The van der Waals surface area contributed by atoms with Gasteiger partial charge >= 0.3 is 11.9 Å². The van der Waals surface area contributed by atoms with Crippen molar-refractivity contribution in [2.45, 2.75) is 13.3 Å². The van der Waals surface area contributed by atoms with Gasteiger partial charge in [0, 0.05) is 58.5 Å². The molecule has 0 aliphatic heterocycles. The molecule has 43 heavy (non-hydrogen) atoms. The lowest BCUT2D eigenvalue weighted by molar-refractivity contribution is -0.136. The van der Waals surface area contributed by atoms with Crippen molar-refractivity contribution in [1.82, 2.24) is 0 Å². The molecule has 0 radical (unpaired) electrons. The summed E-state index contributed by atoms with van der Waals surface area (Å²) in [5, 5.41) is 21.0. The van der Waals surface area contributed by atoms with E-state index in [2.05, 4.69) is 60.8 Å². The Morgan fingerprint density at radius 3 is 1.74 bits per heavy atom. The number of hydrogen-bond acceptors (Lipinski definition) is 9. The van der Waals surface area contributed by atoms with Gasteiger partial charge in [-0.1, -0.05) is 6.07 Å². The molecule has 0 saturated heterocycles. The van der Waals surface area contributed by atoms with Gasteiger partial charge in [0.1, 0.15) is 4.88 Å². The molecule has 0 saturated carbocycles. The SMILES string of the molecule is Cc1cc(-c2ccc(-c3cc(CC(=O)O)c(-c4ccc(-c5cccs5)s4)s3)s2)sc1-c1ccc(-c2ccc(C(=O)O)s2)s1. The summed E-state index contributed by atoms with van der Waals surface area (Å²) in [7, 11) is 0. The zero-order valence-corrected chi connectivity index (χ0v) is 28.0. The lowest BCUT2D eigenvalue weighted by Gasteiger charge is -1.97. The maximum absolute atomic E-state index is 11.7. The number of aliphatic carboxylic acids is 1. The van der Waals surface area contributed by atoms with E-state index in [0.717, 1.165) is 34.8 Å². The van der Waals surface area contributed by atoms with Crippen LogP contribution in [0.25, 0.3) is 58.5 Å². The first-order chi connectivity index (χ1) is 20.8. The summed E-state index contributed by atoms with van der Waals surface area (Å²) < 4.78 is 0. The minimum atomic E-state index is -0.895. The fourth-order valence-electron chi connectivity index (χ4n) is 4.69. The highest BCUT2D eigenvalue weighted by Crippen LogP contribution is 2.48. The van der Waals surface area contributed by atoms with Crippen LogP contribution >= 0.6 is 79.4 Å². The molecule has 0 amide bonds. The van der Waals surface area contributed by atoms with Crippen LogP contribution < -0.4 is 0 Å². The Morgan fingerprint density at radius 2 is 1.12 bits per heavy atom. The van der Waals surface area contributed by atoms with Crippen LogP contribution in [0, 0.1) is 6.92 Å². The average molecular weight is 693 g/mol. The van der Waals surface area contributed by atoms with Gasteiger partial charge in [-0.3, -0.25) is 4.79 Å². The molecule has 0 aliphatic rings. The van der Waals surface area contributed by atoms with Crippen LogP contribution in [0.15, 0.2) is 78.2 Å². The number of hydrogen-bond donors (Lipinski definition) is 2. The van der Waals surface area contributed by atoms with Gasteiger partial charge in [-0.2, -0.15) is 0 Å². The highest BCUT2D eigenvalue weighted by Gasteiger charge is 2.20. The van der Waals surface area contributed by atoms with Crippen LogP contribution in [0.1, 0.15) is 20.8 Å². The van der Waals surface area contributed by atoms with E-state index in [1.165, 1.54) is 46.2 Å². The van der Waals surface area contributed by atoms with Crippen molar-refractivity contribution in [2.75, 3.05) is 0 Å². The second-order valence-corrected chi connectivity index (χ2v) is 17.0. The molecule has 7 aromatic heterocycles. The van der Waals surface area contributed by atoms with Gasteiger partial charge < -0.3 is 10.2 Å². The standard InChI is InChI=1S/C32H20O4S7/c1-16-13-27(42-30(16)24-9-7-20(40-24)21-8-11-26(41-21)32(35)36)22-4-5-23(38-22)28-14-17(15-29(33)34)31(43-28)25-10-6-19(39-25)18-3-2-12-37-18/h2-14H,15H2,1H3,(H,33,34)(H,35,36). The van der Waals surface area contributed by atoms with Crippen LogP contribution in [0.4, 0.5) is 0 Å². The maximum atomic E-state index is 11.7. The third-order valence-electron chi connectivity index (χ3n) is 6.64. The van der Waals surface area contributed by atoms with E-state index in [1.54, 1.807) is 74.1 Å². The van der Waals surface area contributed by atoms with E-state index in [4.69, 9.17) is 0 Å². The zero-order chi connectivity index (χ0) is 29.7. The van der Waals surface area contributed by atoms with Crippen molar-refractivity contribution in [3.63, 3.8) is 0 Å². The number of carboxylic acid groups (broad SMARTS) is 2. The molecule has 0 atom stereocenters. The summed E-state index contributed by atoms with van der Waals surface area (Å²) >= 11 is 11.6. The molecule has 7 heterocycles. The normalized spacial score (nSPS) is 11.4. The summed E-state index contributed by atoms with van der Waals surface area (Å²) in [6.45, 7) is 2.13. The first-order valence-corrected chi connectivity index (χ1v) is 18.7. The van der Waals surface area contributed by atoms with E-state index in [9.17, 15) is 19.8 Å². The minimum Gasteiger partial charge on any atom is -0.481 e. The van der Waals surface area contributed by atoms with Crippen LogP contribution in [-0.2, 0) is 11.2 Å². The number of carboxylic acids is 2. The van der Waals surface area contributed by atoms with Crippen molar-refractivity contribution >= 4 is 91.3 Å². The number of thiophene rings is 7. The number of aryl methyl sites for hydroxylation is 1. The van der Waals surface area contributed by atoms with Crippen LogP contribution in [0.2, 0.25) is 0 Å². The monoisotopic (exact) mass is 692 g/mol. The summed E-state index contributed by atoms with van der Waals surface area (Å²) in [6.07, 6.45) is -0.00429. The first-order valence-electron chi connectivity index (χ1n) is 13.0. The third-order valence-corrected chi connectivity index (χ3v) is 15.4. The van der Waals surface area contributed by atoms with Gasteiger partial charge in [-0.15, -0.1) is 79.4 Å². The topological polar surface area (TPSA) is 74.6 Å². The molecule has 0 aromatic carbocycles. The molecule has 0 bridgehead atoms. The van der Waals surface area contributed by atoms with Gasteiger partial charge in [0.25, 0.3) is 0 Å². The van der Waals surface area contributed by atoms with Crippen LogP contribution in [0.5, 0.6) is 0 Å². The van der Waals surface area contributed by atoms with Crippen LogP contribution in [-0.4, -0.2) is 22.2 Å². The molecule has 0 aliphatic carbocycles. The van der Waals surface area contributed by atoms with Gasteiger partial charge in [0.05, 0.1) is 6.42 Å². The van der Waals surface area contributed by atoms with Crippen molar-refractivity contribution in [3.05, 3.63) is 94.2 Å². The van der Waals surface area contributed by atoms with Gasteiger partial charge in [0.15, 0.2) is 0 Å². The smallest absolute Gasteiger partial charge is 0.345 e. The van der Waals surface area contributed by atoms with E-state index in [0.29, 0.717) is 4.88 Å². The average Bonchev–Trinajstić information content (AvgIpc) is 3.82. The highest BCUT2D eigenvalue weighted by molar-refractivity contribution is 7.31. The van der Waals surface area contributed by atoms with Crippen molar-refractivity contribution in [2.24, 2.45) is 0 Å². The van der Waals surface area contributed by atoms with E-state index < -0.39 is 11.9 Å². The molecule has 2 N–H and O–H groups in total. The number of aromatic carboxylic acids is 1.